The van der Waals surface area contributed by atoms with Crippen LogP contribution in [0.2, 0.25) is 0 Å². The van der Waals surface area contributed by atoms with Crippen LogP contribution in [0, 0.1) is 16.0 Å². The fourth-order valence-electron chi connectivity index (χ4n) is 2.28. The molecule has 5 heteroatoms. The van der Waals surface area contributed by atoms with E-state index in [1.54, 1.807) is 19.2 Å². The predicted octanol–water partition coefficient (Wildman–Crippen LogP) is 3.84. The van der Waals surface area contributed by atoms with E-state index in [0.29, 0.717) is 17.4 Å². The number of nitrogens with zero attached hydrogens (tertiary/aromatic N) is 1. The SMILES string of the molecule is CCC(CC)C(C)Nc1cc(OC)ccc1[N+](=O)[O-]. The van der Waals surface area contributed by atoms with E-state index < -0.39 is 0 Å². The largest absolute Gasteiger partial charge is 0.497 e. The van der Waals surface area contributed by atoms with Crippen LogP contribution in [-0.2, 0) is 0 Å². The summed E-state index contributed by atoms with van der Waals surface area (Å²) in [5, 5.41) is 14.3. The van der Waals surface area contributed by atoms with Gasteiger partial charge in [-0.1, -0.05) is 26.7 Å². The maximum absolute atomic E-state index is 11.0. The quantitative estimate of drug-likeness (QED) is 0.601. The van der Waals surface area contributed by atoms with Crippen molar-refractivity contribution in [1.29, 1.82) is 0 Å². The maximum Gasteiger partial charge on any atom is 0.292 e. The van der Waals surface area contributed by atoms with Crippen molar-refractivity contribution >= 4 is 11.4 Å². The molecule has 0 aliphatic rings. The number of rotatable bonds is 7. The first-order chi connectivity index (χ1) is 9.03. The first-order valence-electron chi connectivity index (χ1n) is 6.62. The minimum Gasteiger partial charge on any atom is -0.497 e. The number of nitro groups is 1. The second-order valence-electron chi connectivity index (χ2n) is 4.65. The van der Waals surface area contributed by atoms with E-state index >= 15 is 0 Å². The number of methoxy groups -OCH3 is 1. The predicted molar refractivity (Wildman–Crippen MR) is 76.8 cm³/mol. The first-order valence-corrected chi connectivity index (χ1v) is 6.62. The van der Waals surface area contributed by atoms with Gasteiger partial charge in [0, 0.05) is 18.2 Å². The van der Waals surface area contributed by atoms with Gasteiger partial charge in [-0.15, -0.1) is 0 Å². The maximum atomic E-state index is 11.0. The zero-order chi connectivity index (χ0) is 14.4. The van der Waals surface area contributed by atoms with Crippen LogP contribution < -0.4 is 10.1 Å². The van der Waals surface area contributed by atoms with Gasteiger partial charge in [-0.3, -0.25) is 10.1 Å². The lowest BCUT2D eigenvalue weighted by Crippen LogP contribution is -2.25. The average Bonchev–Trinajstić information content (AvgIpc) is 2.39. The average molecular weight is 266 g/mol. The van der Waals surface area contributed by atoms with Crippen molar-refractivity contribution in [2.24, 2.45) is 5.92 Å². The second-order valence-corrected chi connectivity index (χ2v) is 4.65. The molecule has 0 radical (unpaired) electrons. The van der Waals surface area contributed by atoms with Crippen molar-refractivity contribution in [2.75, 3.05) is 12.4 Å². The molecule has 0 fully saturated rings. The Labute approximate surface area is 114 Å². The van der Waals surface area contributed by atoms with Gasteiger partial charge in [0.25, 0.3) is 5.69 Å². The first kappa shape index (κ1) is 15.3. The van der Waals surface area contributed by atoms with E-state index in [-0.39, 0.29) is 16.7 Å². The molecule has 0 heterocycles. The zero-order valence-electron chi connectivity index (χ0n) is 12.0. The molecule has 106 valence electrons. The van der Waals surface area contributed by atoms with Gasteiger partial charge < -0.3 is 10.1 Å². The molecule has 1 unspecified atom stereocenters. The van der Waals surface area contributed by atoms with Gasteiger partial charge >= 0.3 is 0 Å². The van der Waals surface area contributed by atoms with Crippen LogP contribution in [0.3, 0.4) is 0 Å². The summed E-state index contributed by atoms with van der Waals surface area (Å²) in [5.74, 6) is 1.11. The molecule has 0 saturated heterocycles. The van der Waals surface area contributed by atoms with Crippen LogP contribution in [0.15, 0.2) is 18.2 Å². The van der Waals surface area contributed by atoms with Gasteiger partial charge in [0.15, 0.2) is 0 Å². The van der Waals surface area contributed by atoms with Gasteiger partial charge in [-0.05, 0) is 18.9 Å². The zero-order valence-corrected chi connectivity index (χ0v) is 12.0. The van der Waals surface area contributed by atoms with Gasteiger partial charge in [-0.2, -0.15) is 0 Å². The Bertz CT molecular complexity index is 431. The minimum atomic E-state index is -0.374. The van der Waals surface area contributed by atoms with E-state index in [2.05, 4.69) is 26.1 Å². The number of anilines is 1. The smallest absolute Gasteiger partial charge is 0.292 e. The lowest BCUT2D eigenvalue weighted by atomic mass is 9.95. The molecule has 0 aliphatic carbocycles. The van der Waals surface area contributed by atoms with Crippen LogP contribution in [0.5, 0.6) is 5.75 Å². The highest BCUT2D eigenvalue weighted by atomic mass is 16.6. The third kappa shape index (κ3) is 3.84. The van der Waals surface area contributed by atoms with Crippen molar-refractivity contribution in [2.45, 2.75) is 39.7 Å². The highest BCUT2D eigenvalue weighted by Crippen LogP contribution is 2.30. The second kappa shape index (κ2) is 6.97. The van der Waals surface area contributed by atoms with E-state index in [9.17, 15) is 10.1 Å². The molecule has 1 rings (SSSR count). The fraction of sp³-hybridized carbons (Fsp3) is 0.571. The molecule has 0 aliphatic heterocycles. The summed E-state index contributed by atoms with van der Waals surface area (Å²) >= 11 is 0. The molecule has 0 bridgehead atoms. The summed E-state index contributed by atoms with van der Waals surface area (Å²) in [6, 6.07) is 4.93. The molecule has 1 atom stereocenters. The molecule has 19 heavy (non-hydrogen) atoms. The van der Waals surface area contributed by atoms with Gasteiger partial charge in [0.05, 0.1) is 12.0 Å². The number of ether oxygens (including phenoxy) is 1. The van der Waals surface area contributed by atoms with Crippen molar-refractivity contribution in [3.63, 3.8) is 0 Å². The van der Waals surface area contributed by atoms with E-state index in [1.807, 2.05) is 0 Å². The Hall–Kier alpha value is -1.78. The summed E-state index contributed by atoms with van der Waals surface area (Å²) in [4.78, 5) is 10.7. The Morgan fingerprint density at radius 1 is 1.37 bits per heavy atom. The van der Waals surface area contributed by atoms with Crippen molar-refractivity contribution < 1.29 is 9.66 Å². The number of benzene rings is 1. The highest BCUT2D eigenvalue weighted by molar-refractivity contribution is 5.64. The van der Waals surface area contributed by atoms with Gasteiger partial charge in [-0.25, -0.2) is 0 Å². The molecule has 1 aromatic rings. The van der Waals surface area contributed by atoms with Crippen molar-refractivity contribution in [3.8, 4) is 5.75 Å². The highest BCUT2D eigenvalue weighted by Gasteiger charge is 2.19. The number of hydrogen-bond donors (Lipinski definition) is 1. The Morgan fingerprint density at radius 3 is 2.47 bits per heavy atom. The third-order valence-corrected chi connectivity index (χ3v) is 3.54. The Kier molecular flexibility index (Phi) is 5.60. The molecule has 5 nitrogen and oxygen atoms in total. The molecular weight excluding hydrogens is 244 g/mol. The van der Waals surface area contributed by atoms with Crippen molar-refractivity contribution in [1.82, 2.24) is 0 Å². The molecule has 0 amide bonds. The minimum absolute atomic E-state index is 0.0820. The summed E-state index contributed by atoms with van der Waals surface area (Å²) in [5.41, 5.74) is 0.599. The number of hydrogen-bond acceptors (Lipinski definition) is 4. The van der Waals surface area contributed by atoms with E-state index in [4.69, 9.17) is 4.74 Å². The molecule has 0 saturated carbocycles. The standard InChI is InChI=1S/C14H22N2O3/c1-5-11(6-2)10(3)15-13-9-12(19-4)7-8-14(13)16(17)18/h7-11,15H,5-6H2,1-4H3. The summed E-state index contributed by atoms with van der Waals surface area (Å²) in [6.07, 6.45) is 2.09. The summed E-state index contributed by atoms with van der Waals surface area (Å²) < 4.78 is 5.12. The lowest BCUT2D eigenvalue weighted by molar-refractivity contribution is -0.384. The molecule has 1 aromatic carbocycles. The molecule has 0 aromatic heterocycles. The third-order valence-electron chi connectivity index (χ3n) is 3.54. The molecule has 1 N–H and O–H groups in total. The van der Waals surface area contributed by atoms with Crippen LogP contribution in [0.4, 0.5) is 11.4 Å². The topological polar surface area (TPSA) is 64.4 Å². The van der Waals surface area contributed by atoms with Crippen LogP contribution in [-0.4, -0.2) is 18.1 Å². The summed E-state index contributed by atoms with van der Waals surface area (Å²) in [6.45, 7) is 6.32. The van der Waals surface area contributed by atoms with Crippen molar-refractivity contribution in [3.05, 3.63) is 28.3 Å². The number of nitrogens with one attached hydrogen (secondary N) is 1. The Balaban J connectivity index is 3.00. The van der Waals surface area contributed by atoms with Gasteiger partial charge in [0.1, 0.15) is 11.4 Å². The summed E-state index contributed by atoms with van der Waals surface area (Å²) in [7, 11) is 1.55. The lowest BCUT2D eigenvalue weighted by Gasteiger charge is -2.23. The molecular formula is C14H22N2O3. The normalized spacial score (nSPS) is 12.3. The fourth-order valence-corrected chi connectivity index (χ4v) is 2.28. The molecule has 0 spiro atoms. The van der Waals surface area contributed by atoms with Crippen LogP contribution >= 0.6 is 0 Å². The van der Waals surface area contributed by atoms with Crippen LogP contribution in [0.1, 0.15) is 33.6 Å². The monoisotopic (exact) mass is 266 g/mol. The van der Waals surface area contributed by atoms with E-state index in [1.165, 1.54) is 6.07 Å². The Morgan fingerprint density at radius 2 is 2.00 bits per heavy atom. The number of nitro benzene ring substituents is 1. The van der Waals surface area contributed by atoms with Crippen LogP contribution in [0.25, 0.3) is 0 Å². The van der Waals surface area contributed by atoms with E-state index in [0.717, 1.165) is 12.8 Å². The van der Waals surface area contributed by atoms with Gasteiger partial charge in [0.2, 0.25) is 0 Å².